The summed E-state index contributed by atoms with van der Waals surface area (Å²) in [6.45, 7) is 3.15. The van der Waals surface area contributed by atoms with Gasteiger partial charge < -0.3 is 15.0 Å². The van der Waals surface area contributed by atoms with Crippen LogP contribution in [-0.2, 0) is 21.2 Å². The average molecular weight is 376 g/mol. The van der Waals surface area contributed by atoms with Crippen molar-refractivity contribution in [3.63, 3.8) is 0 Å². The van der Waals surface area contributed by atoms with E-state index in [9.17, 15) is 13.2 Å². The maximum atomic E-state index is 12.7. The highest BCUT2D eigenvalue weighted by molar-refractivity contribution is 7.89. The van der Waals surface area contributed by atoms with Crippen LogP contribution in [-0.4, -0.2) is 69.9 Å². The van der Waals surface area contributed by atoms with Crippen LogP contribution in [0.15, 0.2) is 23.1 Å². The molecule has 134 valence electrons. The normalized spacial score (nSPS) is 17.2. The highest BCUT2D eigenvalue weighted by Gasteiger charge is 2.27. The average Bonchev–Trinajstić information content (AvgIpc) is 3.03. The number of ether oxygens (including phenoxy) is 1. The summed E-state index contributed by atoms with van der Waals surface area (Å²) in [6.07, 6.45) is 0.710. The molecule has 2 aliphatic rings. The van der Waals surface area contributed by atoms with Gasteiger partial charge in [-0.3, -0.25) is 4.79 Å². The number of carbonyl (C=O) groups is 1. The molecular weight excluding hydrogens is 354 g/mol. The van der Waals surface area contributed by atoms with Crippen molar-refractivity contribution in [2.45, 2.75) is 11.3 Å². The Hall–Kier alpha value is -1.35. The van der Waals surface area contributed by atoms with Gasteiger partial charge in [-0.05, 0) is 23.8 Å². The van der Waals surface area contributed by atoms with Gasteiger partial charge in [0.05, 0.1) is 18.0 Å². The van der Waals surface area contributed by atoms with Crippen molar-refractivity contribution in [3.8, 4) is 5.75 Å². The Balaban J connectivity index is 0.00000208. The van der Waals surface area contributed by atoms with Crippen LogP contribution < -0.4 is 10.1 Å². The molecule has 2 heterocycles. The van der Waals surface area contributed by atoms with Gasteiger partial charge in [-0.1, -0.05) is 0 Å². The molecule has 0 aromatic heterocycles. The third-order valence-corrected chi connectivity index (χ3v) is 6.00. The number of fused-ring (bicyclic) bond motifs is 1. The molecule has 24 heavy (non-hydrogen) atoms. The van der Waals surface area contributed by atoms with Crippen LogP contribution >= 0.6 is 12.4 Å². The van der Waals surface area contributed by atoms with Gasteiger partial charge in [-0.25, -0.2) is 8.42 Å². The number of nitrogens with zero attached hydrogens (tertiary/aromatic N) is 2. The molecule has 0 saturated carbocycles. The van der Waals surface area contributed by atoms with E-state index < -0.39 is 10.0 Å². The van der Waals surface area contributed by atoms with Crippen molar-refractivity contribution in [1.82, 2.24) is 14.5 Å². The number of piperazine rings is 1. The van der Waals surface area contributed by atoms with Crippen molar-refractivity contribution in [2.24, 2.45) is 0 Å². The molecule has 0 aliphatic carbocycles. The van der Waals surface area contributed by atoms with Crippen molar-refractivity contribution < 1.29 is 17.9 Å². The maximum absolute atomic E-state index is 12.7. The van der Waals surface area contributed by atoms with Crippen LogP contribution in [0.3, 0.4) is 0 Å². The SMILES string of the molecule is CN(CC(=O)N1CCNCC1)S(=O)(=O)c1ccc2c(c1)CCO2.Cl. The number of halogens is 1. The topological polar surface area (TPSA) is 79.0 Å². The maximum Gasteiger partial charge on any atom is 0.243 e. The fourth-order valence-corrected chi connectivity index (χ4v) is 3.96. The summed E-state index contributed by atoms with van der Waals surface area (Å²) in [6, 6.07) is 4.86. The number of hydrogen-bond donors (Lipinski definition) is 1. The summed E-state index contributed by atoms with van der Waals surface area (Å²) in [5, 5.41) is 3.17. The van der Waals surface area contributed by atoms with Gasteiger partial charge in [-0.15, -0.1) is 12.4 Å². The van der Waals surface area contributed by atoms with Gasteiger partial charge in [0.15, 0.2) is 0 Å². The Morgan fingerprint density at radius 2 is 2.04 bits per heavy atom. The number of sulfonamides is 1. The second-order valence-corrected chi connectivity index (χ2v) is 7.80. The van der Waals surface area contributed by atoms with Crippen molar-refractivity contribution in [1.29, 1.82) is 0 Å². The molecule has 0 radical (unpaired) electrons. The molecule has 0 bridgehead atoms. The lowest BCUT2D eigenvalue weighted by Gasteiger charge is -2.29. The third kappa shape index (κ3) is 3.83. The Morgan fingerprint density at radius 1 is 1.33 bits per heavy atom. The largest absolute Gasteiger partial charge is 0.493 e. The van der Waals surface area contributed by atoms with Crippen molar-refractivity contribution in [2.75, 3.05) is 46.4 Å². The first-order valence-corrected chi connectivity index (χ1v) is 9.13. The van der Waals surface area contributed by atoms with Gasteiger partial charge in [0.2, 0.25) is 15.9 Å². The first-order valence-electron chi connectivity index (χ1n) is 7.69. The molecule has 0 unspecified atom stereocenters. The number of rotatable bonds is 4. The van der Waals surface area contributed by atoms with E-state index in [-0.39, 0.29) is 29.8 Å². The number of nitrogens with one attached hydrogen (secondary N) is 1. The molecular formula is C15H22ClN3O4S. The zero-order chi connectivity index (χ0) is 16.4. The lowest BCUT2D eigenvalue weighted by Crippen LogP contribution is -2.49. The van der Waals surface area contributed by atoms with E-state index in [4.69, 9.17) is 4.74 Å². The zero-order valence-corrected chi connectivity index (χ0v) is 15.2. The number of amides is 1. The minimum atomic E-state index is -3.68. The Bertz CT molecular complexity index is 705. The Labute approximate surface area is 148 Å². The quantitative estimate of drug-likeness (QED) is 0.807. The highest BCUT2D eigenvalue weighted by atomic mass is 35.5. The van der Waals surface area contributed by atoms with Gasteiger partial charge >= 0.3 is 0 Å². The van der Waals surface area contributed by atoms with Crippen LogP contribution in [0.2, 0.25) is 0 Å². The van der Waals surface area contributed by atoms with E-state index in [1.165, 1.54) is 13.1 Å². The van der Waals surface area contributed by atoms with Gasteiger partial charge in [0.1, 0.15) is 5.75 Å². The van der Waals surface area contributed by atoms with E-state index in [1.807, 2.05) is 0 Å². The monoisotopic (exact) mass is 375 g/mol. The van der Waals surface area contributed by atoms with E-state index in [2.05, 4.69) is 5.32 Å². The Kier molecular flexibility index (Phi) is 6.08. The first kappa shape index (κ1) is 19.0. The lowest BCUT2D eigenvalue weighted by molar-refractivity contribution is -0.131. The van der Waals surface area contributed by atoms with Crippen LogP contribution in [0.1, 0.15) is 5.56 Å². The molecule has 1 amide bonds. The number of likely N-dealkylation sites (N-methyl/N-ethyl adjacent to an activating group) is 1. The van der Waals surface area contributed by atoms with Gasteiger partial charge in [-0.2, -0.15) is 4.31 Å². The molecule has 0 spiro atoms. The standard InChI is InChI=1S/C15H21N3O4S.ClH/c1-17(11-15(19)18-7-5-16-6-8-18)23(20,21)13-2-3-14-12(10-13)4-9-22-14;/h2-3,10,16H,4-9,11H2,1H3;1H. The second-order valence-electron chi connectivity index (χ2n) is 5.76. The van der Waals surface area contributed by atoms with Crippen molar-refractivity contribution in [3.05, 3.63) is 23.8 Å². The third-order valence-electron chi connectivity index (χ3n) is 4.20. The first-order chi connectivity index (χ1) is 11.0. The molecule has 1 N–H and O–H groups in total. The summed E-state index contributed by atoms with van der Waals surface area (Å²) < 4.78 is 31.8. The Morgan fingerprint density at radius 3 is 2.75 bits per heavy atom. The number of benzene rings is 1. The summed E-state index contributed by atoms with van der Waals surface area (Å²) in [5.41, 5.74) is 0.896. The van der Waals surface area contributed by atoms with Crippen LogP contribution in [0.25, 0.3) is 0 Å². The van der Waals surface area contributed by atoms with E-state index in [0.717, 1.165) is 28.7 Å². The second kappa shape index (κ2) is 7.69. The van der Waals surface area contributed by atoms with Crippen molar-refractivity contribution >= 4 is 28.3 Å². The minimum absolute atomic E-state index is 0. The zero-order valence-electron chi connectivity index (χ0n) is 13.5. The fraction of sp³-hybridized carbons (Fsp3) is 0.533. The predicted octanol–water partition coefficient (Wildman–Crippen LogP) is 0.0956. The number of hydrogen-bond acceptors (Lipinski definition) is 5. The lowest BCUT2D eigenvalue weighted by atomic mass is 10.2. The fourth-order valence-electron chi connectivity index (χ4n) is 2.79. The summed E-state index contributed by atoms with van der Waals surface area (Å²) >= 11 is 0. The van der Waals surface area contributed by atoms with E-state index in [0.29, 0.717) is 26.1 Å². The van der Waals surface area contributed by atoms with E-state index in [1.54, 1.807) is 17.0 Å². The molecule has 7 nitrogen and oxygen atoms in total. The summed E-state index contributed by atoms with van der Waals surface area (Å²) in [4.78, 5) is 14.1. The van der Waals surface area contributed by atoms with Crippen LogP contribution in [0, 0.1) is 0 Å². The molecule has 3 rings (SSSR count). The minimum Gasteiger partial charge on any atom is -0.493 e. The smallest absolute Gasteiger partial charge is 0.243 e. The van der Waals surface area contributed by atoms with E-state index >= 15 is 0 Å². The summed E-state index contributed by atoms with van der Waals surface area (Å²) in [5.74, 6) is 0.575. The van der Waals surface area contributed by atoms with Gasteiger partial charge in [0, 0.05) is 39.6 Å². The molecule has 0 atom stereocenters. The summed E-state index contributed by atoms with van der Waals surface area (Å²) in [7, 11) is -2.24. The van der Waals surface area contributed by atoms with Crippen LogP contribution in [0.4, 0.5) is 0 Å². The molecule has 9 heteroatoms. The van der Waals surface area contributed by atoms with Crippen LogP contribution in [0.5, 0.6) is 5.75 Å². The highest BCUT2D eigenvalue weighted by Crippen LogP contribution is 2.28. The molecule has 2 aliphatic heterocycles. The predicted molar refractivity (Wildman–Crippen MR) is 92.2 cm³/mol. The number of carbonyl (C=O) groups excluding carboxylic acids is 1. The van der Waals surface area contributed by atoms with Gasteiger partial charge in [0.25, 0.3) is 0 Å². The molecule has 1 saturated heterocycles. The molecule has 1 fully saturated rings. The molecule has 1 aromatic carbocycles. The molecule has 1 aromatic rings.